The summed E-state index contributed by atoms with van der Waals surface area (Å²) in [4.78, 5) is 32.4. The highest BCUT2D eigenvalue weighted by molar-refractivity contribution is 7.09. The molecule has 1 aliphatic rings. The summed E-state index contributed by atoms with van der Waals surface area (Å²) in [6.45, 7) is 7.19. The zero-order valence-electron chi connectivity index (χ0n) is 22.5. The van der Waals surface area contributed by atoms with Gasteiger partial charge in [0.1, 0.15) is 23.1 Å². The first-order chi connectivity index (χ1) is 18.9. The van der Waals surface area contributed by atoms with Crippen LogP contribution in [0.15, 0.2) is 78.2 Å². The van der Waals surface area contributed by atoms with E-state index in [9.17, 15) is 9.59 Å². The zero-order valence-corrected chi connectivity index (χ0v) is 23.3. The van der Waals surface area contributed by atoms with Crippen molar-refractivity contribution < 1.29 is 14.3 Å². The highest BCUT2D eigenvalue weighted by atomic mass is 32.1. The summed E-state index contributed by atoms with van der Waals surface area (Å²) in [6, 6.07) is 23.8. The quantitative estimate of drug-likeness (QED) is 0.267. The lowest BCUT2D eigenvalue weighted by Gasteiger charge is -2.38. The standard InChI is InChI=1S/C32H33N3O3S/c1-21(2)17-30(36)35-16-15-23-13-14-26(18-27(23)31(35)24-11-9-22(3)10-12-24)38-19-29-34-28(20-39-29)32(37)33-25-7-5-4-6-8-25/h4-14,18,20-21,31H,15-17,19H2,1-3H3,(H,33,37). The highest BCUT2D eigenvalue weighted by Gasteiger charge is 2.32. The van der Waals surface area contributed by atoms with Crippen molar-refractivity contribution >= 4 is 28.8 Å². The summed E-state index contributed by atoms with van der Waals surface area (Å²) in [5.41, 5.74) is 5.72. The van der Waals surface area contributed by atoms with Gasteiger partial charge in [0.15, 0.2) is 0 Å². The maximum Gasteiger partial charge on any atom is 0.275 e. The molecule has 7 heteroatoms. The van der Waals surface area contributed by atoms with Gasteiger partial charge < -0.3 is 15.0 Å². The van der Waals surface area contributed by atoms with Crippen molar-refractivity contribution in [3.8, 4) is 5.75 Å². The minimum absolute atomic E-state index is 0.155. The Labute approximate surface area is 233 Å². The molecular formula is C32H33N3O3S. The largest absolute Gasteiger partial charge is 0.486 e. The Balaban J connectivity index is 1.34. The number of aryl methyl sites for hydroxylation is 1. The molecule has 1 aromatic heterocycles. The van der Waals surface area contributed by atoms with E-state index >= 15 is 0 Å². The molecule has 0 aliphatic carbocycles. The number of thiazole rings is 1. The van der Waals surface area contributed by atoms with Crippen LogP contribution in [0.4, 0.5) is 5.69 Å². The first kappa shape index (κ1) is 26.6. The number of para-hydroxylation sites is 1. The van der Waals surface area contributed by atoms with E-state index in [2.05, 4.69) is 67.5 Å². The van der Waals surface area contributed by atoms with Crippen LogP contribution in [-0.4, -0.2) is 28.2 Å². The Kier molecular flexibility index (Phi) is 8.07. The number of ether oxygens (including phenoxy) is 1. The molecule has 1 atom stereocenters. The van der Waals surface area contributed by atoms with Crippen molar-refractivity contribution in [2.45, 2.75) is 46.3 Å². The van der Waals surface area contributed by atoms with E-state index < -0.39 is 0 Å². The van der Waals surface area contributed by atoms with E-state index in [-0.39, 0.29) is 24.5 Å². The Hall–Kier alpha value is -3.97. The Morgan fingerprint density at radius 2 is 1.85 bits per heavy atom. The molecule has 5 rings (SSSR count). The normalized spacial score (nSPS) is 14.7. The molecule has 0 bridgehead atoms. The number of rotatable bonds is 8. The summed E-state index contributed by atoms with van der Waals surface area (Å²) in [5.74, 6) is 0.945. The number of anilines is 1. The number of fused-ring (bicyclic) bond motifs is 1. The fourth-order valence-corrected chi connectivity index (χ4v) is 5.55. The van der Waals surface area contributed by atoms with E-state index in [4.69, 9.17) is 4.74 Å². The second kappa shape index (κ2) is 11.8. The monoisotopic (exact) mass is 539 g/mol. The summed E-state index contributed by atoms with van der Waals surface area (Å²) >= 11 is 1.40. The Bertz CT molecular complexity index is 1450. The van der Waals surface area contributed by atoms with Gasteiger partial charge in [0.25, 0.3) is 5.91 Å². The van der Waals surface area contributed by atoms with Gasteiger partial charge >= 0.3 is 0 Å². The van der Waals surface area contributed by atoms with Crippen LogP contribution in [-0.2, 0) is 17.8 Å². The lowest BCUT2D eigenvalue weighted by molar-refractivity contribution is -0.134. The molecular weight excluding hydrogens is 506 g/mol. The zero-order chi connectivity index (χ0) is 27.4. The van der Waals surface area contributed by atoms with Crippen molar-refractivity contribution in [2.75, 3.05) is 11.9 Å². The van der Waals surface area contributed by atoms with Crippen molar-refractivity contribution in [2.24, 2.45) is 5.92 Å². The van der Waals surface area contributed by atoms with Crippen LogP contribution in [0.5, 0.6) is 5.75 Å². The molecule has 1 unspecified atom stereocenters. The molecule has 4 aromatic rings. The van der Waals surface area contributed by atoms with E-state index in [1.54, 1.807) is 5.38 Å². The predicted molar refractivity (Wildman–Crippen MR) is 155 cm³/mol. The van der Waals surface area contributed by atoms with Gasteiger partial charge in [-0.3, -0.25) is 9.59 Å². The first-order valence-electron chi connectivity index (χ1n) is 13.3. The lowest BCUT2D eigenvalue weighted by Crippen LogP contribution is -2.41. The molecule has 39 heavy (non-hydrogen) atoms. The third-order valence-electron chi connectivity index (χ3n) is 6.82. The van der Waals surface area contributed by atoms with Gasteiger partial charge in [-0.2, -0.15) is 0 Å². The number of nitrogens with one attached hydrogen (secondary N) is 1. The second-order valence-corrected chi connectivity index (χ2v) is 11.3. The van der Waals surface area contributed by atoms with Gasteiger partial charge in [-0.05, 0) is 60.2 Å². The average molecular weight is 540 g/mol. The minimum Gasteiger partial charge on any atom is -0.486 e. The number of benzene rings is 3. The topological polar surface area (TPSA) is 71.5 Å². The van der Waals surface area contributed by atoms with Crippen molar-refractivity contribution in [1.82, 2.24) is 9.88 Å². The third-order valence-corrected chi connectivity index (χ3v) is 7.64. The number of carbonyl (C=O) groups is 2. The third kappa shape index (κ3) is 6.37. The summed E-state index contributed by atoms with van der Waals surface area (Å²) in [6.07, 6.45) is 1.34. The van der Waals surface area contributed by atoms with Gasteiger partial charge in [0, 0.05) is 24.0 Å². The fourth-order valence-electron chi connectivity index (χ4n) is 4.87. The number of hydrogen-bond donors (Lipinski definition) is 1. The van der Waals surface area contributed by atoms with Gasteiger partial charge in [0.05, 0.1) is 6.04 Å². The van der Waals surface area contributed by atoms with Crippen LogP contribution in [0.1, 0.15) is 64.1 Å². The first-order valence-corrected chi connectivity index (χ1v) is 14.2. The van der Waals surface area contributed by atoms with Gasteiger partial charge in [0.2, 0.25) is 5.91 Å². The van der Waals surface area contributed by atoms with Crippen molar-refractivity contribution in [3.63, 3.8) is 0 Å². The second-order valence-electron chi connectivity index (χ2n) is 10.3. The molecule has 2 amide bonds. The molecule has 6 nitrogen and oxygen atoms in total. The molecule has 3 aromatic carbocycles. The number of hydrogen-bond acceptors (Lipinski definition) is 5. The molecule has 2 heterocycles. The summed E-state index contributed by atoms with van der Waals surface area (Å²) in [5, 5.41) is 5.32. The van der Waals surface area contributed by atoms with Crippen LogP contribution in [0.25, 0.3) is 0 Å². The maximum absolute atomic E-state index is 13.3. The Morgan fingerprint density at radius 1 is 1.08 bits per heavy atom. The molecule has 0 saturated heterocycles. The predicted octanol–water partition coefficient (Wildman–Crippen LogP) is 6.80. The smallest absolute Gasteiger partial charge is 0.275 e. The average Bonchev–Trinajstić information content (AvgIpc) is 3.41. The summed E-state index contributed by atoms with van der Waals surface area (Å²) < 4.78 is 6.15. The van der Waals surface area contributed by atoms with E-state index in [1.807, 2.05) is 41.3 Å². The van der Waals surface area contributed by atoms with Crippen LogP contribution < -0.4 is 10.1 Å². The van der Waals surface area contributed by atoms with Gasteiger partial charge in [-0.1, -0.05) is 67.9 Å². The summed E-state index contributed by atoms with van der Waals surface area (Å²) in [7, 11) is 0. The molecule has 0 fully saturated rings. The molecule has 0 spiro atoms. The number of amides is 2. The van der Waals surface area contributed by atoms with Crippen LogP contribution in [0, 0.1) is 12.8 Å². The maximum atomic E-state index is 13.3. The molecule has 0 radical (unpaired) electrons. The fraction of sp³-hybridized carbons (Fsp3) is 0.281. The van der Waals surface area contributed by atoms with E-state index in [0.717, 1.165) is 34.0 Å². The minimum atomic E-state index is -0.246. The van der Waals surface area contributed by atoms with Crippen LogP contribution in [0.2, 0.25) is 0 Å². The molecule has 200 valence electrons. The van der Waals surface area contributed by atoms with E-state index in [1.165, 1.54) is 22.5 Å². The SMILES string of the molecule is Cc1ccc(C2c3cc(OCc4nc(C(=O)Nc5ccccc5)cs4)ccc3CCN2C(=O)CC(C)C)cc1. The van der Waals surface area contributed by atoms with Crippen molar-refractivity contribution in [1.29, 1.82) is 0 Å². The van der Waals surface area contributed by atoms with Gasteiger partial charge in [-0.25, -0.2) is 4.98 Å². The molecule has 1 N–H and O–H groups in total. The number of nitrogens with zero attached hydrogens (tertiary/aromatic N) is 2. The van der Waals surface area contributed by atoms with Crippen LogP contribution in [0.3, 0.4) is 0 Å². The molecule has 1 aliphatic heterocycles. The van der Waals surface area contributed by atoms with Gasteiger partial charge in [-0.15, -0.1) is 11.3 Å². The number of carbonyl (C=O) groups excluding carboxylic acids is 2. The molecule has 0 saturated carbocycles. The van der Waals surface area contributed by atoms with E-state index in [0.29, 0.717) is 24.6 Å². The number of aromatic nitrogens is 1. The van der Waals surface area contributed by atoms with Crippen LogP contribution >= 0.6 is 11.3 Å². The Morgan fingerprint density at radius 3 is 2.59 bits per heavy atom. The highest BCUT2D eigenvalue weighted by Crippen LogP contribution is 2.38. The van der Waals surface area contributed by atoms with Crippen molar-refractivity contribution in [3.05, 3.63) is 111 Å². The lowest BCUT2D eigenvalue weighted by atomic mass is 9.87.